The van der Waals surface area contributed by atoms with Gasteiger partial charge < -0.3 is 4.74 Å². The van der Waals surface area contributed by atoms with E-state index in [0.29, 0.717) is 19.4 Å². The third kappa shape index (κ3) is 3.22. The van der Waals surface area contributed by atoms with Crippen molar-refractivity contribution in [2.75, 3.05) is 6.61 Å². The fraction of sp³-hybridized carbons (Fsp3) is 0.462. The zero-order chi connectivity index (χ0) is 15.6. The van der Waals surface area contributed by atoms with Crippen LogP contribution in [0.15, 0.2) is 18.2 Å². The quantitative estimate of drug-likeness (QED) is 0.330. The average Bonchev–Trinajstić information content (AvgIpc) is 3.27. The Bertz CT molecular complexity index is 596. The van der Waals surface area contributed by atoms with Crippen molar-refractivity contribution >= 4 is 17.2 Å². The number of para-hydroxylation sites is 1. The summed E-state index contributed by atoms with van der Waals surface area (Å²) in [6, 6.07) is 3.59. The lowest BCUT2D eigenvalue weighted by atomic mass is 9.90. The van der Waals surface area contributed by atoms with Crippen LogP contribution in [0.3, 0.4) is 0 Å². The van der Waals surface area contributed by atoms with Crippen LogP contribution in [0, 0.1) is 26.1 Å². The molecule has 1 aromatic carbocycles. The first-order valence-electron chi connectivity index (χ1n) is 6.53. The lowest BCUT2D eigenvalue weighted by Crippen LogP contribution is -2.18. The van der Waals surface area contributed by atoms with Crippen molar-refractivity contribution in [2.24, 2.45) is 5.92 Å². The minimum Gasteiger partial charge on any atom is -0.373 e. The Kier molecular flexibility index (Phi) is 4.27. The molecule has 0 spiro atoms. The second-order valence-electron chi connectivity index (χ2n) is 4.85. The highest BCUT2D eigenvalue weighted by Gasteiger charge is 2.36. The van der Waals surface area contributed by atoms with Crippen molar-refractivity contribution in [3.05, 3.63) is 44.0 Å². The molecule has 8 nitrogen and oxygen atoms in total. The monoisotopic (exact) mass is 294 g/mol. The van der Waals surface area contributed by atoms with E-state index >= 15 is 0 Å². The Morgan fingerprint density at radius 2 is 2.05 bits per heavy atom. The number of hydrogen-bond donors (Lipinski definition) is 0. The average molecular weight is 294 g/mol. The number of rotatable bonds is 7. The van der Waals surface area contributed by atoms with Gasteiger partial charge in [-0.2, -0.15) is 0 Å². The number of epoxide rings is 1. The van der Waals surface area contributed by atoms with E-state index in [4.69, 9.17) is 4.74 Å². The SMILES string of the molecule is CCC(CC1CO1)C(=O)c1cccc([N+](=O)[O-])c1[N+](=O)[O-]. The minimum atomic E-state index is -0.869. The first kappa shape index (κ1) is 15.0. The maximum Gasteiger partial charge on any atom is 0.356 e. The van der Waals surface area contributed by atoms with Crippen molar-refractivity contribution in [1.29, 1.82) is 0 Å². The van der Waals surface area contributed by atoms with Gasteiger partial charge in [-0.05, 0) is 18.9 Å². The van der Waals surface area contributed by atoms with Crippen molar-refractivity contribution < 1.29 is 19.4 Å². The minimum absolute atomic E-state index is 0.0108. The molecule has 0 aromatic heterocycles. The second kappa shape index (κ2) is 5.96. The van der Waals surface area contributed by atoms with E-state index in [2.05, 4.69) is 0 Å². The Morgan fingerprint density at radius 1 is 1.38 bits per heavy atom. The highest BCUT2D eigenvalue weighted by atomic mass is 16.6. The topological polar surface area (TPSA) is 116 Å². The maximum absolute atomic E-state index is 12.5. The largest absolute Gasteiger partial charge is 0.373 e. The van der Waals surface area contributed by atoms with E-state index in [1.165, 1.54) is 12.1 Å². The Hall–Kier alpha value is -2.35. The molecular weight excluding hydrogens is 280 g/mol. The van der Waals surface area contributed by atoms with Crippen molar-refractivity contribution in [1.82, 2.24) is 0 Å². The van der Waals surface area contributed by atoms with Crippen LogP contribution in [0.2, 0.25) is 0 Å². The summed E-state index contributed by atoms with van der Waals surface area (Å²) in [7, 11) is 0. The molecule has 0 amide bonds. The standard InChI is InChI=1S/C13H14N2O6/c1-2-8(6-9-7-21-9)13(16)10-4-3-5-11(14(17)18)12(10)15(19)20/h3-5,8-9H,2,6-7H2,1H3. The van der Waals surface area contributed by atoms with Gasteiger partial charge in [0.2, 0.25) is 0 Å². The van der Waals surface area contributed by atoms with Gasteiger partial charge >= 0.3 is 11.4 Å². The molecule has 2 unspecified atom stereocenters. The molecule has 1 aliphatic rings. The fourth-order valence-electron chi connectivity index (χ4n) is 2.27. The van der Waals surface area contributed by atoms with Gasteiger partial charge in [-0.25, -0.2) is 0 Å². The van der Waals surface area contributed by atoms with Crippen LogP contribution in [0.1, 0.15) is 30.1 Å². The summed E-state index contributed by atoms with van der Waals surface area (Å²) < 4.78 is 5.07. The summed E-state index contributed by atoms with van der Waals surface area (Å²) in [5.41, 5.74) is -1.60. The van der Waals surface area contributed by atoms with Gasteiger partial charge in [0, 0.05) is 12.0 Å². The predicted molar refractivity (Wildman–Crippen MR) is 72.2 cm³/mol. The van der Waals surface area contributed by atoms with Crippen LogP contribution in [0.5, 0.6) is 0 Å². The summed E-state index contributed by atoms with van der Waals surface area (Å²) in [5.74, 6) is -0.874. The molecule has 0 bridgehead atoms. The fourth-order valence-corrected chi connectivity index (χ4v) is 2.27. The number of carbonyl (C=O) groups excluding carboxylic acids is 1. The molecule has 1 saturated heterocycles. The van der Waals surface area contributed by atoms with Crippen LogP contribution in [0.4, 0.5) is 11.4 Å². The van der Waals surface area contributed by atoms with Gasteiger partial charge in [-0.1, -0.05) is 13.0 Å². The zero-order valence-corrected chi connectivity index (χ0v) is 11.4. The van der Waals surface area contributed by atoms with Crippen LogP contribution in [0.25, 0.3) is 0 Å². The summed E-state index contributed by atoms with van der Waals surface area (Å²) in [5, 5.41) is 22.0. The highest BCUT2D eigenvalue weighted by Crippen LogP contribution is 2.34. The van der Waals surface area contributed by atoms with Gasteiger partial charge in [-0.15, -0.1) is 0 Å². The molecule has 1 aliphatic heterocycles. The van der Waals surface area contributed by atoms with Crippen LogP contribution in [-0.2, 0) is 4.74 Å². The number of benzene rings is 1. The summed E-state index contributed by atoms with van der Waals surface area (Å²) in [4.78, 5) is 32.8. The smallest absolute Gasteiger partial charge is 0.356 e. The van der Waals surface area contributed by atoms with Gasteiger partial charge in [0.05, 0.1) is 22.6 Å². The lowest BCUT2D eigenvalue weighted by Gasteiger charge is -2.12. The summed E-state index contributed by atoms with van der Waals surface area (Å²) >= 11 is 0. The third-order valence-corrected chi connectivity index (χ3v) is 3.47. The Labute approximate surface area is 120 Å². The number of nitro groups is 2. The van der Waals surface area contributed by atoms with Gasteiger partial charge in [-0.3, -0.25) is 25.0 Å². The van der Waals surface area contributed by atoms with Crippen LogP contribution >= 0.6 is 0 Å². The van der Waals surface area contributed by atoms with E-state index in [0.717, 1.165) is 6.07 Å². The van der Waals surface area contributed by atoms with Crippen molar-refractivity contribution in [3.8, 4) is 0 Å². The van der Waals surface area contributed by atoms with Crippen LogP contribution < -0.4 is 0 Å². The number of nitro benzene ring substituents is 2. The first-order chi connectivity index (χ1) is 9.95. The molecule has 0 saturated carbocycles. The lowest BCUT2D eigenvalue weighted by molar-refractivity contribution is -0.422. The number of carbonyl (C=O) groups is 1. The zero-order valence-electron chi connectivity index (χ0n) is 11.4. The molecule has 1 aromatic rings. The molecule has 1 heterocycles. The molecule has 21 heavy (non-hydrogen) atoms. The van der Waals surface area contributed by atoms with Crippen molar-refractivity contribution in [3.63, 3.8) is 0 Å². The van der Waals surface area contributed by atoms with E-state index in [1.54, 1.807) is 6.92 Å². The van der Waals surface area contributed by atoms with E-state index in [1.807, 2.05) is 0 Å². The van der Waals surface area contributed by atoms with Gasteiger partial charge in [0.25, 0.3) is 0 Å². The number of ketones is 1. The van der Waals surface area contributed by atoms with Gasteiger partial charge in [0.1, 0.15) is 5.56 Å². The number of hydrogen-bond acceptors (Lipinski definition) is 6. The molecule has 8 heteroatoms. The third-order valence-electron chi connectivity index (χ3n) is 3.47. The molecule has 0 radical (unpaired) electrons. The number of Topliss-reactive ketones (excluding diaryl/α,β-unsaturated/α-hetero) is 1. The summed E-state index contributed by atoms with van der Waals surface area (Å²) in [6.45, 7) is 2.38. The van der Waals surface area contributed by atoms with E-state index < -0.39 is 32.9 Å². The first-order valence-corrected chi connectivity index (χ1v) is 6.53. The second-order valence-corrected chi connectivity index (χ2v) is 4.85. The number of ether oxygens (including phenoxy) is 1. The molecule has 0 aliphatic carbocycles. The van der Waals surface area contributed by atoms with E-state index in [-0.39, 0.29) is 11.7 Å². The van der Waals surface area contributed by atoms with Crippen LogP contribution in [-0.4, -0.2) is 28.3 Å². The number of nitrogens with zero attached hydrogens (tertiary/aromatic N) is 2. The Balaban J connectivity index is 2.41. The molecule has 2 rings (SSSR count). The van der Waals surface area contributed by atoms with Gasteiger partial charge in [0.15, 0.2) is 5.78 Å². The van der Waals surface area contributed by atoms with Crippen molar-refractivity contribution in [2.45, 2.75) is 25.9 Å². The molecule has 1 fully saturated rings. The normalized spacial score (nSPS) is 18.0. The molecular formula is C13H14N2O6. The molecule has 112 valence electrons. The Morgan fingerprint density at radius 3 is 2.52 bits per heavy atom. The molecule has 0 N–H and O–H groups in total. The predicted octanol–water partition coefficient (Wildman–Crippen LogP) is 2.50. The van der Waals surface area contributed by atoms with E-state index in [9.17, 15) is 25.0 Å². The highest BCUT2D eigenvalue weighted by molar-refractivity contribution is 6.02. The summed E-state index contributed by atoms with van der Waals surface area (Å²) in [6.07, 6.45) is 0.991. The maximum atomic E-state index is 12.5. The molecule has 2 atom stereocenters.